The Morgan fingerprint density at radius 1 is 1.55 bits per heavy atom. The summed E-state index contributed by atoms with van der Waals surface area (Å²) < 4.78 is 32.7. The fourth-order valence-electron chi connectivity index (χ4n) is 2.69. The summed E-state index contributed by atoms with van der Waals surface area (Å²) >= 11 is 7.30. The van der Waals surface area contributed by atoms with Crippen molar-refractivity contribution in [3.05, 3.63) is 11.1 Å². The third-order valence-corrected chi connectivity index (χ3v) is 5.24. The summed E-state index contributed by atoms with van der Waals surface area (Å²) in [5.41, 5.74) is 0.514. The Hall–Kier alpha value is -1.34. The first-order valence-corrected chi connectivity index (χ1v) is 8.09. The molecule has 0 amide bonds. The normalized spacial score (nSPS) is 21.0. The quantitative estimate of drug-likeness (QED) is 0.847. The van der Waals surface area contributed by atoms with Crippen LogP contribution in [0.4, 0.5) is 13.9 Å². The molecule has 0 radical (unpaired) electrons. The molecule has 1 aromatic carbocycles. The van der Waals surface area contributed by atoms with Crippen molar-refractivity contribution in [3.8, 4) is 11.5 Å². The molecular weight excluding hydrogens is 334 g/mol. The summed E-state index contributed by atoms with van der Waals surface area (Å²) in [5, 5.41) is 13.5. The fraction of sp³-hybridized carbons (Fsp3) is 0.500. The van der Waals surface area contributed by atoms with Gasteiger partial charge in [0, 0.05) is 24.9 Å². The summed E-state index contributed by atoms with van der Waals surface area (Å²) in [6, 6.07) is 1.07. The third-order valence-electron chi connectivity index (χ3n) is 3.74. The number of phenols is 1. The number of alkyl halides is 2. The maximum atomic E-state index is 13.5. The van der Waals surface area contributed by atoms with Crippen LogP contribution in [0.1, 0.15) is 25.7 Å². The number of phenolic OH excluding ortho intramolecular Hbond substituents is 1. The van der Waals surface area contributed by atoms with Crippen molar-refractivity contribution in [2.24, 2.45) is 0 Å². The molecule has 1 heterocycles. The summed E-state index contributed by atoms with van der Waals surface area (Å²) in [6.07, 6.45) is 0.916. The Labute approximate surface area is 135 Å². The largest absolute Gasteiger partial charge is 0.506 e. The molecule has 8 heteroatoms. The summed E-state index contributed by atoms with van der Waals surface area (Å²) in [5.74, 6) is -2.32. The number of anilines is 1. The van der Waals surface area contributed by atoms with Gasteiger partial charge in [-0.05, 0) is 12.8 Å². The monoisotopic (exact) mass is 348 g/mol. The lowest BCUT2D eigenvalue weighted by Crippen LogP contribution is -2.34. The zero-order valence-corrected chi connectivity index (χ0v) is 13.4. The van der Waals surface area contributed by atoms with Crippen LogP contribution in [0.25, 0.3) is 10.2 Å². The Kier molecular flexibility index (Phi) is 4.03. The average molecular weight is 349 g/mol. The van der Waals surface area contributed by atoms with Gasteiger partial charge >= 0.3 is 0 Å². The third kappa shape index (κ3) is 2.92. The molecule has 1 unspecified atom stereocenters. The lowest BCUT2D eigenvalue weighted by molar-refractivity contribution is -0.0373. The molecule has 1 fully saturated rings. The Morgan fingerprint density at radius 3 is 3.00 bits per heavy atom. The number of aromatic hydroxyl groups is 1. The van der Waals surface area contributed by atoms with Gasteiger partial charge in [0.25, 0.3) is 0 Å². The highest BCUT2D eigenvalue weighted by molar-refractivity contribution is 7.22. The highest BCUT2D eigenvalue weighted by atomic mass is 35.5. The lowest BCUT2D eigenvalue weighted by Gasteiger charge is -2.29. The number of thiazole rings is 1. The second-order valence-corrected chi connectivity index (χ2v) is 6.78. The van der Waals surface area contributed by atoms with E-state index in [1.807, 2.05) is 0 Å². The van der Waals surface area contributed by atoms with Crippen molar-refractivity contribution in [2.45, 2.75) is 37.6 Å². The lowest BCUT2D eigenvalue weighted by atomic mass is 9.92. The maximum absolute atomic E-state index is 13.5. The number of hydrogen-bond donors (Lipinski definition) is 2. The maximum Gasteiger partial charge on any atom is 0.250 e. The Morgan fingerprint density at radius 2 is 2.32 bits per heavy atom. The van der Waals surface area contributed by atoms with Gasteiger partial charge < -0.3 is 15.2 Å². The van der Waals surface area contributed by atoms with E-state index in [2.05, 4.69) is 10.3 Å². The van der Waals surface area contributed by atoms with E-state index in [0.717, 1.165) is 0 Å². The summed E-state index contributed by atoms with van der Waals surface area (Å²) in [4.78, 5) is 4.37. The first kappa shape index (κ1) is 15.6. The molecular formula is C14H15ClF2N2O2S. The molecule has 0 spiro atoms. The predicted molar refractivity (Wildman–Crippen MR) is 83.7 cm³/mol. The van der Waals surface area contributed by atoms with Crippen LogP contribution in [-0.2, 0) is 0 Å². The topological polar surface area (TPSA) is 54.4 Å². The molecule has 4 nitrogen and oxygen atoms in total. The number of benzene rings is 1. The zero-order valence-electron chi connectivity index (χ0n) is 11.8. The van der Waals surface area contributed by atoms with E-state index in [4.69, 9.17) is 16.3 Å². The molecule has 1 saturated carbocycles. The molecule has 1 aliphatic carbocycles. The number of halogens is 3. The van der Waals surface area contributed by atoms with E-state index < -0.39 is 5.92 Å². The van der Waals surface area contributed by atoms with E-state index in [1.54, 1.807) is 0 Å². The van der Waals surface area contributed by atoms with Gasteiger partial charge in [0.2, 0.25) is 5.92 Å². The van der Waals surface area contributed by atoms with Crippen LogP contribution in [0.5, 0.6) is 11.5 Å². The van der Waals surface area contributed by atoms with Crippen molar-refractivity contribution >= 4 is 38.3 Å². The number of nitrogens with zero attached hydrogens (tertiary/aromatic N) is 1. The molecule has 1 aliphatic rings. The summed E-state index contributed by atoms with van der Waals surface area (Å²) in [6.45, 7) is 0. The smallest absolute Gasteiger partial charge is 0.250 e. The van der Waals surface area contributed by atoms with Gasteiger partial charge in [0.1, 0.15) is 22.0 Å². The molecule has 120 valence electrons. The Bertz CT molecular complexity index is 708. The first-order chi connectivity index (χ1) is 10.4. The van der Waals surface area contributed by atoms with Crippen LogP contribution in [0.2, 0.25) is 5.02 Å². The number of aromatic nitrogens is 1. The second kappa shape index (κ2) is 5.70. The van der Waals surface area contributed by atoms with Gasteiger partial charge in [-0.3, -0.25) is 0 Å². The number of ether oxygens (including phenoxy) is 1. The number of hydrogen-bond acceptors (Lipinski definition) is 5. The van der Waals surface area contributed by atoms with Crippen molar-refractivity contribution in [1.29, 1.82) is 0 Å². The number of rotatable bonds is 3. The molecule has 0 saturated heterocycles. The van der Waals surface area contributed by atoms with E-state index in [9.17, 15) is 13.9 Å². The fourth-order valence-corrected chi connectivity index (χ4v) is 3.95. The minimum absolute atomic E-state index is 0.0570. The molecule has 1 aromatic heterocycles. The molecule has 0 bridgehead atoms. The first-order valence-electron chi connectivity index (χ1n) is 6.90. The highest BCUT2D eigenvalue weighted by Gasteiger charge is 2.36. The van der Waals surface area contributed by atoms with Gasteiger partial charge in [0.15, 0.2) is 5.13 Å². The highest BCUT2D eigenvalue weighted by Crippen LogP contribution is 2.43. The molecule has 2 aromatic rings. The minimum Gasteiger partial charge on any atom is -0.506 e. The van der Waals surface area contributed by atoms with Gasteiger partial charge in [-0.2, -0.15) is 0 Å². The Balaban J connectivity index is 1.90. The zero-order chi connectivity index (χ0) is 15.9. The van der Waals surface area contributed by atoms with Gasteiger partial charge in [-0.15, -0.1) is 0 Å². The van der Waals surface area contributed by atoms with Crippen LogP contribution >= 0.6 is 22.9 Å². The molecule has 2 N–H and O–H groups in total. The number of methoxy groups -OCH3 is 1. The van der Waals surface area contributed by atoms with Crippen LogP contribution in [0.3, 0.4) is 0 Å². The van der Waals surface area contributed by atoms with Crippen molar-refractivity contribution in [2.75, 3.05) is 12.4 Å². The number of nitrogens with one attached hydrogen (secondary N) is 1. The van der Waals surface area contributed by atoms with Crippen molar-refractivity contribution in [1.82, 2.24) is 4.98 Å². The molecule has 22 heavy (non-hydrogen) atoms. The van der Waals surface area contributed by atoms with E-state index in [1.165, 1.54) is 24.5 Å². The average Bonchev–Trinajstić information content (AvgIpc) is 2.85. The van der Waals surface area contributed by atoms with Gasteiger partial charge in [0.05, 0.1) is 11.8 Å². The standard InChI is InChI=1S/C14H15ClF2N2O2S/c1-21-9-5-8(20)10(15)12-11(9)19-13(22-12)18-7-3-2-4-14(16,17)6-7/h5,7,20H,2-4,6H2,1H3,(H,18,19). The molecule has 0 aliphatic heterocycles. The van der Waals surface area contributed by atoms with Crippen molar-refractivity contribution in [3.63, 3.8) is 0 Å². The van der Waals surface area contributed by atoms with E-state index in [-0.39, 0.29) is 29.7 Å². The predicted octanol–water partition coefficient (Wildman–Crippen LogP) is 4.65. The summed E-state index contributed by atoms with van der Waals surface area (Å²) in [7, 11) is 1.47. The van der Waals surface area contributed by atoms with Crippen LogP contribution in [0, 0.1) is 0 Å². The minimum atomic E-state index is -2.62. The SMILES string of the molecule is COc1cc(O)c(Cl)c2sc(NC3CCCC(F)(F)C3)nc12. The van der Waals surface area contributed by atoms with Crippen molar-refractivity contribution < 1.29 is 18.6 Å². The number of fused-ring (bicyclic) bond motifs is 1. The second-order valence-electron chi connectivity index (χ2n) is 5.40. The van der Waals surface area contributed by atoms with E-state index >= 15 is 0 Å². The van der Waals surface area contributed by atoms with Gasteiger partial charge in [-0.25, -0.2) is 13.8 Å². The van der Waals surface area contributed by atoms with E-state index in [0.29, 0.717) is 33.9 Å². The van der Waals surface area contributed by atoms with Gasteiger partial charge in [-0.1, -0.05) is 22.9 Å². The van der Waals surface area contributed by atoms with Crippen LogP contribution in [-0.4, -0.2) is 29.2 Å². The van der Waals surface area contributed by atoms with Crippen LogP contribution in [0.15, 0.2) is 6.07 Å². The molecule has 1 atom stereocenters. The van der Waals surface area contributed by atoms with Crippen LogP contribution < -0.4 is 10.1 Å². The molecule has 3 rings (SSSR count).